The molecule has 2 fully saturated rings. The Labute approximate surface area is 168 Å². The van der Waals surface area contributed by atoms with Gasteiger partial charge >= 0.3 is 5.69 Å². The van der Waals surface area contributed by atoms with Gasteiger partial charge in [0.1, 0.15) is 6.10 Å². The van der Waals surface area contributed by atoms with Gasteiger partial charge in [0.25, 0.3) is 6.47 Å². The van der Waals surface area contributed by atoms with Gasteiger partial charge in [-0.15, -0.1) is 0 Å². The molecule has 0 aromatic carbocycles. The van der Waals surface area contributed by atoms with Gasteiger partial charge in [0.2, 0.25) is 5.91 Å². The summed E-state index contributed by atoms with van der Waals surface area (Å²) in [6.45, 7) is 4.93. The maximum atomic E-state index is 12.5. The highest BCUT2D eigenvalue weighted by Crippen LogP contribution is 2.35. The van der Waals surface area contributed by atoms with Crippen LogP contribution in [-0.4, -0.2) is 79.7 Å². The van der Waals surface area contributed by atoms with Crippen LogP contribution in [0, 0.1) is 13.8 Å². The first-order chi connectivity index (χ1) is 13.7. The Morgan fingerprint density at radius 1 is 1.31 bits per heavy atom. The molecule has 162 valence electrons. The first-order valence-electron chi connectivity index (χ1n) is 9.62. The quantitative estimate of drug-likeness (QED) is 0.563. The SMILES string of the molecule is Cc1cc(C)n(CCC(=O)N2CCC3(CC2)C[C@@H](O)[C@@H](O)CO3)c(=O)n1.O=CO. The molecule has 3 N–H and O–H groups in total. The number of likely N-dealkylation sites (tertiary alicyclic amines) is 1. The summed E-state index contributed by atoms with van der Waals surface area (Å²) in [7, 11) is 0. The zero-order chi connectivity index (χ0) is 21.6. The molecule has 10 heteroatoms. The summed E-state index contributed by atoms with van der Waals surface area (Å²) in [6.07, 6.45) is 0.349. The fourth-order valence-electron chi connectivity index (χ4n) is 3.87. The van der Waals surface area contributed by atoms with Crippen LogP contribution >= 0.6 is 0 Å². The number of carbonyl (C=O) groups is 2. The number of hydrogen-bond donors (Lipinski definition) is 3. The molecular formula is C19H29N3O7. The summed E-state index contributed by atoms with van der Waals surface area (Å²) in [4.78, 5) is 38.5. The molecule has 1 amide bonds. The molecule has 0 radical (unpaired) electrons. The number of carbonyl (C=O) groups excluding carboxylic acids is 1. The fraction of sp³-hybridized carbons (Fsp3) is 0.684. The highest BCUT2D eigenvalue weighted by atomic mass is 16.5. The second kappa shape index (κ2) is 9.95. The van der Waals surface area contributed by atoms with Crippen LogP contribution in [0.5, 0.6) is 0 Å². The van der Waals surface area contributed by atoms with E-state index in [2.05, 4.69) is 4.98 Å². The highest BCUT2D eigenvalue weighted by molar-refractivity contribution is 5.76. The second-order valence-electron chi connectivity index (χ2n) is 7.54. The van der Waals surface area contributed by atoms with E-state index in [9.17, 15) is 19.8 Å². The minimum Gasteiger partial charge on any atom is -0.483 e. The number of aliphatic hydroxyl groups excluding tert-OH is 2. The van der Waals surface area contributed by atoms with Crippen molar-refractivity contribution in [3.8, 4) is 0 Å². The van der Waals surface area contributed by atoms with E-state index in [0.29, 0.717) is 44.6 Å². The van der Waals surface area contributed by atoms with Gasteiger partial charge in [0.05, 0.1) is 18.3 Å². The molecule has 1 aromatic rings. The Bertz CT molecular complexity index is 772. The topological polar surface area (TPSA) is 142 Å². The Kier molecular flexibility index (Phi) is 7.88. The van der Waals surface area contributed by atoms with Gasteiger partial charge in [-0.25, -0.2) is 4.79 Å². The summed E-state index contributed by atoms with van der Waals surface area (Å²) in [5.74, 6) is 0.00289. The van der Waals surface area contributed by atoms with Crippen LogP contribution in [0.15, 0.2) is 10.9 Å². The number of rotatable bonds is 3. The number of aliphatic hydroxyl groups is 2. The van der Waals surface area contributed by atoms with Crippen LogP contribution in [0.3, 0.4) is 0 Å². The molecule has 0 bridgehead atoms. The van der Waals surface area contributed by atoms with Crippen molar-refractivity contribution in [1.82, 2.24) is 14.5 Å². The average molecular weight is 411 g/mol. The van der Waals surface area contributed by atoms with Crippen molar-refractivity contribution in [3.05, 3.63) is 27.9 Å². The summed E-state index contributed by atoms with van der Waals surface area (Å²) in [5, 5.41) is 26.4. The van der Waals surface area contributed by atoms with Gasteiger partial charge in [0.15, 0.2) is 0 Å². The van der Waals surface area contributed by atoms with Crippen LogP contribution in [0.2, 0.25) is 0 Å². The maximum absolute atomic E-state index is 12.5. The largest absolute Gasteiger partial charge is 0.483 e. The van der Waals surface area contributed by atoms with Gasteiger partial charge in [-0.2, -0.15) is 4.98 Å². The monoisotopic (exact) mass is 411 g/mol. The number of piperidine rings is 1. The van der Waals surface area contributed by atoms with E-state index in [1.807, 2.05) is 13.0 Å². The lowest BCUT2D eigenvalue weighted by Gasteiger charge is -2.46. The van der Waals surface area contributed by atoms with Gasteiger partial charge in [-0.3, -0.25) is 14.2 Å². The van der Waals surface area contributed by atoms with Gasteiger partial charge in [0, 0.05) is 43.9 Å². The molecule has 29 heavy (non-hydrogen) atoms. The number of ether oxygens (including phenoxy) is 1. The van der Waals surface area contributed by atoms with Crippen LogP contribution in [0.25, 0.3) is 0 Å². The Hall–Kier alpha value is -2.30. The van der Waals surface area contributed by atoms with Gasteiger partial charge in [-0.1, -0.05) is 0 Å². The lowest BCUT2D eigenvalue weighted by molar-refractivity contribution is -0.188. The van der Waals surface area contributed by atoms with Crippen molar-refractivity contribution >= 4 is 12.4 Å². The predicted octanol–water partition coefficient (Wildman–Crippen LogP) is -0.546. The molecule has 1 spiro atoms. The Morgan fingerprint density at radius 2 is 1.93 bits per heavy atom. The molecule has 2 aliphatic heterocycles. The van der Waals surface area contributed by atoms with Crippen molar-refractivity contribution in [2.75, 3.05) is 19.7 Å². The van der Waals surface area contributed by atoms with Gasteiger partial charge in [-0.05, 0) is 32.8 Å². The standard InChI is InChI=1S/C18H27N3O5.CH2O2/c1-12-9-13(2)21(17(25)19-12)6-3-16(24)20-7-4-18(5-8-20)10-14(22)15(23)11-26-18;2-1-3/h9,14-15,22-23H,3-8,10-11H2,1-2H3;1H,(H,2,3)/t14-,15+;/m1./s1. The van der Waals surface area contributed by atoms with Crippen molar-refractivity contribution in [2.24, 2.45) is 0 Å². The molecule has 2 aliphatic rings. The Balaban J connectivity index is 0.000000941. The minimum atomic E-state index is -0.829. The highest BCUT2D eigenvalue weighted by Gasteiger charge is 2.43. The van der Waals surface area contributed by atoms with Crippen LogP contribution in [0.1, 0.15) is 37.1 Å². The third kappa shape index (κ3) is 5.84. The first kappa shape index (κ1) is 23.0. The summed E-state index contributed by atoms with van der Waals surface area (Å²) < 4.78 is 7.31. The number of aryl methyl sites for hydroxylation is 2. The van der Waals surface area contributed by atoms with Crippen molar-refractivity contribution < 1.29 is 29.6 Å². The second-order valence-corrected chi connectivity index (χ2v) is 7.54. The maximum Gasteiger partial charge on any atom is 0.347 e. The number of carboxylic acid groups (broad SMARTS) is 1. The lowest BCUT2D eigenvalue weighted by Crippen LogP contribution is -2.55. The van der Waals surface area contributed by atoms with E-state index in [1.165, 1.54) is 4.57 Å². The third-order valence-corrected chi connectivity index (χ3v) is 5.51. The molecule has 10 nitrogen and oxygen atoms in total. The molecule has 0 saturated carbocycles. The smallest absolute Gasteiger partial charge is 0.347 e. The third-order valence-electron chi connectivity index (χ3n) is 5.51. The predicted molar refractivity (Wildman–Crippen MR) is 102 cm³/mol. The molecule has 2 atom stereocenters. The van der Waals surface area contributed by atoms with E-state index in [1.54, 1.807) is 11.8 Å². The Morgan fingerprint density at radius 3 is 2.48 bits per heavy atom. The summed E-state index contributed by atoms with van der Waals surface area (Å²) in [6, 6.07) is 1.83. The summed E-state index contributed by atoms with van der Waals surface area (Å²) >= 11 is 0. The van der Waals surface area contributed by atoms with Crippen LogP contribution < -0.4 is 5.69 Å². The van der Waals surface area contributed by atoms with E-state index < -0.39 is 17.8 Å². The zero-order valence-corrected chi connectivity index (χ0v) is 16.8. The molecule has 0 unspecified atom stereocenters. The van der Waals surface area contributed by atoms with Crippen LogP contribution in [-0.2, 0) is 20.9 Å². The normalized spacial score (nSPS) is 23.2. The summed E-state index contributed by atoms with van der Waals surface area (Å²) in [5.41, 5.74) is 0.715. The first-order valence-corrected chi connectivity index (χ1v) is 9.62. The molecule has 0 aliphatic carbocycles. The van der Waals surface area contributed by atoms with E-state index in [4.69, 9.17) is 14.6 Å². The van der Waals surface area contributed by atoms with Crippen molar-refractivity contribution in [1.29, 1.82) is 0 Å². The fourth-order valence-corrected chi connectivity index (χ4v) is 3.87. The van der Waals surface area contributed by atoms with Gasteiger partial charge < -0.3 is 25.0 Å². The number of aromatic nitrogens is 2. The zero-order valence-electron chi connectivity index (χ0n) is 16.8. The van der Waals surface area contributed by atoms with Crippen molar-refractivity contribution in [2.45, 2.75) is 63.9 Å². The van der Waals surface area contributed by atoms with E-state index in [-0.39, 0.29) is 31.1 Å². The molecule has 2 saturated heterocycles. The molecule has 3 rings (SSSR count). The number of amides is 1. The lowest BCUT2D eigenvalue weighted by atomic mass is 9.82. The van der Waals surface area contributed by atoms with Crippen molar-refractivity contribution in [3.63, 3.8) is 0 Å². The number of hydrogen-bond acceptors (Lipinski definition) is 7. The molecule has 1 aromatic heterocycles. The molecule has 3 heterocycles. The average Bonchev–Trinajstić information content (AvgIpc) is 2.65. The van der Waals surface area contributed by atoms with E-state index >= 15 is 0 Å². The molecular weight excluding hydrogens is 382 g/mol. The van der Waals surface area contributed by atoms with Crippen LogP contribution in [0.4, 0.5) is 0 Å². The minimum absolute atomic E-state index is 0.00289. The van der Waals surface area contributed by atoms with E-state index in [0.717, 1.165) is 5.69 Å². The number of nitrogens with zero attached hydrogens (tertiary/aromatic N) is 3.